The lowest BCUT2D eigenvalue weighted by atomic mass is 10.1. The summed E-state index contributed by atoms with van der Waals surface area (Å²) in [7, 11) is 0. The van der Waals surface area contributed by atoms with E-state index in [2.05, 4.69) is 26.3 Å². The predicted octanol–water partition coefficient (Wildman–Crippen LogP) is 6.53. The quantitative estimate of drug-likeness (QED) is 0.0542. The highest BCUT2D eigenvalue weighted by molar-refractivity contribution is 6.01. The van der Waals surface area contributed by atoms with Gasteiger partial charge in [0, 0.05) is 12.2 Å². The van der Waals surface area contributed by atoms with Crippen LogP contribution >= 0.6 is 0 Å². The van der Waals surface area contributed by atoms with Crippen LogP contribution in [0.25, 0.3) is 0 Å². The average molecular weight is 680 g/mol. The SMILES string of the molecule is Cc1ccc(NC(=O)[C@@H](CCCN=C(NC(=O)OCc2ccccc2)NC(=O)OCc2ccccc2)NC(=O)OCc2ccccc2)cc1C. The number of hydrogen-bond acceptors (Lipinski definition) is 8. The summed E-state index contributed by atoms with van der Waals surface area (Å²) < 4.78 is 15.9. The fourth-order valence-electron chi connectivity index (χ4n) is 4.53. The molecule has 4 N–H and O–H groups in total. The third kappa shape index (κ3) is 13.1. The van der Waals surface area contributed by atoms with Gasteiger partial charge in [-0.15, -0.1) is 0 Å². The fraction of sp³-hybridized carbons (Fsp3) is 0.237. The molecule has 4 rings (SSSR count). The number of hydrogen-bond donors (Lipinski definition) is 4. The molecule has 0 bridgehead atoms. The van der Waals surface area contributed by atoms with E-state index in [1.165, 1.54) is 0 Å². The molecule has 0 aliphatic rings. The standard InChI is InChI=1S/C38H41N5O7/c1-27-20-21-32(23-28(27)2)40-34(44)33(41-36(45)48-24-29-13-6-3-7-14-29)19-12-22-39-35(42-37(46)49-25-30-15-8-4-9-16-30)43-38(47)50-26-31-17-10-5-11-18-31/h3-11,13-18,20-21,23,33H,12,19,22,24-26H2,1-2H3,(H,40,44)(H,41,45)(H2,39,42,43,46,47)/t33-/m1/s1. The van der Waals surface area contributed by atoms with E-state index in [0.29, 0.717) is 5.69 Å². The molecule has 1 atom stereocenters. The van der Waals surface area contributed by atoms with E-state index >= 15 is 0 Å². The van der Waals surface area contributed by atoms with Crippen molar-refractivity contribution in [1.29, 1.82) is 0 Å². The number of amides is 4. The van der Waals surface area contributed by atoms with E-state index < -0.39 is 30.2 Å². The fourth-order valence-corrected chi connectivity index (χ4v) is 4.53. The summed E-state index contributed by atoms with van der Waals surface area (Å²) in [5.41, 5.74) is 5.00. The normalized spacial score (nSPS) is 10.9. The number of carbonyl (C=O) groups excluding carboxylic acids is 4. The molecular formula is C38H41N5O7. The topological polar surface area (TPSA) is 156 Å². The summed E-state index contributed by atoms with van der Waals surface area (Å²) in [5.74, 6) is -0.646. The summed E-state index contributed by atoms with van der Waals surface area (Å²) in [6.07, 6.45) is -2.02. The van der Waals surface area contributed by atoms with Crippen LogP contribution in [0.1, 0.15) is 40.7 Å². The first-order chi connectivity index (χ1) is 24.2. The Morgan fingerprint density at radius 1 is 0.620 bits per heavy atom. The number of nitrogens with zero attached hydrogens (tertiary/aromatic N) is 1. The Morgan fingerprint density at radius 2 is 1.10 bits per heavy atom. The van der Waals surface area contributed by atoms with Gasteiger partial charge in [-0.2, -0.15) is 0 Å². The maximum absolute atomic E-state index is 13.4. The lowest BCUT2D eigenvalue weighted by Gasteiger charge is -2.19. The van der Waals surface area contributed by atoms with Crippen LogP contribution in [0, 0.1) is 13.8 Å². The Morgan fingerprint density at radius 3 is 1.58 bits per heavy atom. The highest BCUT2D eigenvalue weighted by atomic mass is 16.6. The summed E-state index contributed by atoms with van der Waals surface area (Å²) in [6, 6.07) is 31.9. The molecule has 4 aromatic rings. The highest BCUT2D eigenvalue weighted by Gasteiger charge is 2.22. The first kappa shape index (κ1) is 36.7. The van der Waals surface area contributed by atoms with E-state index in [4.69, 9.17) is 14.2 Å². The van der Waals surface area contributed by atoms with Crippen molar-refractivity contribution in [1.82, 2.24) is 16.0 Å². The Hall–Kier alpha value is -6.17. The molecular weight excluding hydrogens is 638 g/mol. The van der Waals surface area contributed by atoms with E-state index in [1.807, 2.05) is 92.7 Å². The van der Waals surface area contributed by atoms with Crippen molar-refractivity contribution in [3.63, 3.8) is 0 Å². The molecule has 260 valence electrons. The molecule has 0 fully saturated rings. The number of carbonyl (C=O) groups is 4. The Kier molecular flexibility index (Phi) is 14.4. The highest BCUT2D eigenvalue weighted by Crippen LogP contribution is 2.15. The Labute approximate surface area is 291 Å². The lowest BCUT2D eigenvalue weighted by molar-refractivity contribution is -0.118. The van der Waals surface area contributed by atoms with Crippen LogP contribution in [-0.4, -0.2) is 42.7 Å². The number of nitrogens with one attached hydrogen (secondary N) is 4. The average Bonchev–Trinajstić information content (AvgIpc) is 3.13. The van der Waals surface area contributed by atoms with Crippen LogP contribution in [0.2, 0.25) is 0 Å². The second-order valence-corrected chi connectivity index (χ2v) is 11.3. The van der Waals surface area contributed by atoms with E-state index in [0.717, 1.165) is 27.8 Å². The number of alkyl carbamates (subject to hydrolysis) is 3. The molecule has 0 spiro atoms. The van der Waals surface area contributed by atoms with Crippen LogP contribution in [0.5, 0.6) is 0 Å². The van der Waals surface area contributed by atoms with Gasteiger partial charge in [0.1, 0.15) is 25.9 Å². The van der Waals surface area contributed by atoms with Gasteiger partial charge in [-0.3, -0.25) is 20.4 Å². The summed E-state index contributed by atoms with van der Waals surface area (Å²) in [4.78, 5) is 55.6. The smallest absolute Gasteiger partial charge is 0.414 e. The molecule has 0 saturated carbocycles. The van der Waals surface area contributed by atoms with Gasteiger partial charge in [-0.05, 0) is 66.6 Å². The van der Waals surface area contributed by atoms with Crippen LogP contribution < -0.4 is 21.3 Å². The maximum atomic E-state index is 13.4. The molecule has 0 radical (unpaired) electrons. The molecule has 50 heavy (non-hydrogen) atoms. The van der Waals surface area contributed by atoms with Gasteiger partial charge in [0.25, 0.3) is 0 Å². The van der Waals surface area contributed by atoms with Gasteiger partial charge in [-0.25, -0.2) is 14.4 Å². The van der Waals surface area contributed by atoms with Crippen molar-refractivity contribution in [2.24, 2.45) is 4.99 Å². The summed E-state index contributed by atoms with van der Waals surface area (Å²) in [6.45, 7) is 4.00. The molecule has 0 saturated heterocycles. The third-order valence-corrected chi connectivity index (χ3v) is 7.38. The van der Waals surface area contributed by atoms with E-state index in [-0.39, 0.29) is 45.2 Å². The second kappa shape index (κ2) is 19.6. The minimum Gasteiger partial charge on any atom is -0.445 e. The van der Waals surface area contributed by atoms with Crippen molar-refractivity contribution in [3.8, 4) is 0 Å². The number of ether oxygens (including phenoxy) is 3. The van der Waals surface area contributed by atoms with Crippen LogP contribution in [0.15, 0.2) is 114 Å². The van der Waals surface area contributed by atoms with Gasteiger partial charge < -0.3 is 24.8 Å². The molecule has 0 unspecified atom stereocenters. The molecule has 0 aliphatic carbocycles. The molecule has 12 heteroatoms. The molecule has 0 aromatic heterocycles. The zero-order valence-corrected chi connectivity index (χ0v) is 28.0. The van der Waals surface area contributed by atoms with Crippen LogP contribution in [-0.2, 0) is 38.8 Å². The van der Waals surface area contributed by atoms with E-state index in [1.54, 1.807) is 30.3 Å². The van der Waals surface area contributed by atoms with Crippen molar-refractivity contribution < 1.29 is 33.4 Å². The second-order valence-electron chi connectivity index (χ2n) is 11.3. The van der Waals surface area contributed by atoms with Crippen molar-refractivity contribution in [2.75, 3.05) is 11.9 Å². The minimum absolute atomic E-state index is 0.00173. The van der Waals surface area contributed by atoms with Gasteiger partial charge in [0.15, 0.2) is 0 Å². The predicted molar refractivity (Wildman–Crippen MR) is 189 cm³/mol. The molecule has 0 heterocycles. The summed E-state index contributed by atoms with van der Waals surface area (Å²) in [5, 5.41) is 10.4. The van der Waals surface area contributed by atoms with Gasteiger partial charge in [0.05, 0.1) is 0 Å². The zero-order chi connectivity index (χ0) is 35.6. The third-order valence-electron chi connectivity index (χ3n) is 7.38. The minimum atomic E-state index is -0.980. The number of anilines is 1. The molecule has 12 nitrogen and oxygen atoms in total. The number of benzene rings is 4. The number of aryl methyl sites for hydroxylation is 2. The monoisotopic (exact) mass is 679 g/mol. The van der Waals surface area contributed by atoms with Crippen LogP contribution in [0.3, 0.4) is 0 Å². The van der Waals surface area contributed by atoms with E-state index in [9.17, 15) is 19.2 Å². The number of aliphatic imine (C=N–C) groups is 1. The van der Waals surface area contributed by atoms with Gasteiger partial charge >= 0.3 is 18.3 Å². The Balaban J connectivity index is 1.39. The Bertz CT molecular complexity index is 1680. The lowest BCUT2D eigenvalue weighted by Crippen LogP contribution is -2.45. The molecule has 4 amide bonds. The van der Waals surface area contributed by atoms with Crippen LogP contribution in [0.4, 0.5) is 20.1 Å². The van der Waals surface area contributed by atoms with Gasteiger partial charge in [0.2, 0.25) is 11.9 Å². The number of guanidine groups is 1. The van der Waals surface area contributed by atoms with Crippen molar-refractivity contribution >= 4 is 35.8 Å². The van der Waals surface area contributed by atoms with Crippen molar-refractivity contribution in [2.45, 2.75) is 52.6 Å². The molecule has 0 aliphatic heterocycles. The number of rotatable bonds is 13. The van der Waals surface area contributed by atoms with Gasteiger partial charge in [-0.1, -0.05) is 97.1 Å². The summed E-state index contributed by atoms with van der Waals surface area (Å²) >= 11 is 0. The van der Waals surface area contributed by atoms with Crippen molar-refractivity contribution in [3.05, 3.63) is 137 Å². The molecule has 4 aromatic carbocycles. The maximum Gasteiger partial charge on any atom is 0.414 e. The first-order valence-electron chi connectivity index (χ1n) is 16.1. The zero-order valence-electron chi connectivity index (χ0n) is 28.0. The first-order valence-corrected chi connectivity index (χ1v) is 16.1. The largest absolute Gasteiger partial charge is 0.445 e.